The molecule has 0 bridgehead atoms. The van der Waals surface area contributed by atoms with Crippen molar-refractivity contribution in [3.05, 3.63) is 23.7 Å². The number of nitrogens with one attached hydrogen (secondary N) is 3. The molecular formula is C19H31N5O3. The van der Waals surface area contributed by atoms with Crippen molar-refractivity contribution in [2.45, 2.75) is 32.6 Å². The molecule has 1 fully saturated rings. The van der Waals surface area contributed by atoms with E-state index in [9.17, 15) is 9.59 Å². The summed E-state index contributed by atoms with van der Waals surface area (Å²) in [7, 11) is 3.46. The minimum atomic E-state index is -0.180. The Labute approximate surface area is 160 Å². The van der Waals surface area contributed by atoms with Crippen molar-refractivity contribution in [2.75, 3.05) is 40.3 Å². The molecule has 8 heteroatoms. The number of nitrogens with zero attached hydrogens (tertiary/aromatic N) is 2. The molecule has 2 amide bonds. The molecule has 0 radical (unpaired) electrons. The van der Waals surface area contributed by atoms with Crippen LogP contribution >= 0.6 is 0 Å². The van der Waals surface area contributed by atoms with E-state index >= 15 is 0 Å². The van der Waals surface area contributed by atoms with E-state index in [1.165, 1.54) is 6.26 Å². The zero-order valence-corrected chi connectivity index (χ0v) is 16.5. The second kappa shape index (κ2) is 10.6. The van der Waals surface area contributed by atoms with Gasteiger partial charge in [-0.25, -0.2) is 0 Å². The predicted molar refractivity (Wildman–Crippen MR) is 105 cm³/mol. The third kappa shape index (κ3) is 6.30. The van der Waals surface area contributed by atoms with Crippen LogP contribution in [0.25, 0.3) is 0 Å². The number of carbonyl (C=O) groups is 2. The minimum Gasteiger partial charge on any atom is -0.459 e. The van der Waals surface area contributed by atoms with E-state index in [2.05, 4.69) is 25.8 Å². The van der Waals surface area contributed by atoms with Crippen molar-refractivity contribution in [2.24, 2.45) is 10.9 Å². The highest BCUT2D eigenvalue weighted by Gasteiger charge is 2.22. The molecule has 27 heavy (non-hydrogen) atoms. The summed E-state index contributed by atoms with van der Waals surface area (Å²) in [6.07, 6.45) is 4.90. The number of amides is 2. The SMILES string of the molecule is CN=C(NCCCNC(=O)c1occc1C)N1CCC(CC(=O)NC)CC1. The van der Waals surface area contributed by atoms with Crippen LogP contribution in [-0.4, -0.2) is 62.9 Å². The molecule has 0 saturated carbocycles. The maximum absolute atomic E-state index is 12.0. The number of aryl methyl sites for hydroxylation is 1. The zero-order chi connectivity index (χ0) is 19.6. The van der Waals surface area contributed by atoms with E-state index in [1.54, 1.807) is 20.2 Å². The van der Waals surface area contributed by atoms with Crippen LogP contribution in [0, 0.1) is 12.8 Å². The van der Waals surface area contributed by atoms with Gasteiger partial charge in [-0.2, -0.15) is 0 Å². The van der Waals surface area contributed by atoms with Crippen LogP contribution in [0.1, 0.15) is 41.8 Å². The van der Waals surface area contributed by atoms with Crippen LogP contribution < -0.4 is 16.0 Å². The lowest BCUT2D eigenvalue weighted by molar-refractivity contribution is -0.121. The summed E-state index contributed by atoms with van der Waals surface area (Å²) in [5.41, 5.74) is 0.839. The first-order valence-corrected chi connectivity index (χ1v) is 9.53. The van der Waals surface area contributed by atoms with Crippen LogP contribution in [-0.2, 0) is 4.79 Å². The van der Waals surface area contributed by atoms with E-state index in [4.69, 9.17) is 4.42 Å². The number of hydrogen-bond acceptors (Lipinski definition) is 4. The number of piperidine rings is 1. The van der Waals surface area contributed by atoms with Gasteiger partial charge in [-0.15, -0.1) is 0 Å². The van der Waals surface area contributed by atoms with Crippen molar-refractivity contribution in [3.63, 3.8) is 0 Å². The Kier molecular flexibility index (Phi) is 8.16. The lowest BCUT2D eigenvalue weighted by Crippen LogP contribution is -2.46. The van der Waals surface area contributed by atoms with Gasteiger partial charge in [0.2, 0.25) is 5.91 Å². The molecule has 0 spiro atoms. The van der Waals surface area contributed by atoms with Gasteiger partial charge >= 0.3 is 0 Å². The Morgan fingerprint density at radius 3 is 2.56 bits per heavy atom. The maximum atomic E-state index is 12.0. The van der Waals surface area contributed by atoms with Crippen LogP contribution in [0.5, 0.6) is 0 Å². The first-order valence-electron chi connectivity index (χ1n) is 9.53. The molecule has 3 N–H and O–H groups in total. The van der Waals surface area contributed by atoms with Crippen molar-refractivity contribution < 1.29 is 14.0 Å². The van der Waals surface area contributed by atoms with Crippen LogP contribution in [0.15, 0.2) is 21.7 Å². The van der Waals surface area contributed by atoms with Crippen LogP contribution in [0.2, 0.25) is 0 Å². The molecule has 0 aliphatic carbocycles. The highest BCUT2D eigenvalue weighted by Crippen LogP contribution is 2.20. The number of furan rings is 1. The van der Waals surface area contributed by atoms with Crippen molar-refractivity contribution >= 4 is 17.8 Å². The first kappa shape index (κ1) is 20.8. The molecule has 1 aromatic heterocycles. The molecule has 0 unspecified atom stereocenters. The van der Waals surface area contributed by atoms with E-state index in [-0.39, 0.29) is 11.8 Å². The van der Waals surface area contributed by atoms with Gasteiger partial charge in [-0.1, -0.05) is 0 Å². The Morgan fingerprint density at radius 2 is 1.96 bits per heavy atom. The average molecular weight is 377 g/mol. The van der Waals surface area contributed by atoms with Gasteiger partial charge < -0.3 is 25.3 Å². The van der Waals surface area contributed by atoms with Gasteiger partial charge in [-0.05, 0) is 38.2 Å². The second-order valence-corrected chi connectivity index (χ2v) is 6.82. The molecule has 1 saturated heterocycles. The minimum absolute atomic E-state index is 0.114. The molecule has 150 valence electrons. The molecule has 1 aromatic rings. The zero-order valence-electron chi connectivity index (χ0n) is 16.5. The van der Waals surface area contributed by atoms with Crippen LogP contribution in [0.3, 0.4) is 0 Å². The Bertz CT molecular complexity index is 648. The van der Waals surface area contributed by atoms with Crippen molar-refractivity contribution in [1.82, 2.24) is 20.9 Å². The lowest BCUT2D eigenvalue weighted by atomic mass is 9.93. The summed E-state index contributed by atoms with van der Waals surface area (Å²) in [5.74, 6) is 1.63. The summed E-state index contributed by atoms with van der Waals surface area (Å²) < 4.78 is 5.18. The topological polar surface area (TPSA) is 99.0 Å². The van der Waals surface area contributed by atoms with Gasteiger partial charge in [0.25, 0.3) is 5.91 Å². The molecule has 1 aliphatic heterocycles. The fourth-order valence-corrected chi connectivity index (χ4v) is 3.22. The summed E-state index contributed by atoms with van der Waals surface area (Å²) in [5, 5.41) is 8.90. The standard InChI is InChI=1S/C19H31N5O3/c1-14-7-12-27-17(14)18(26)22-8-4-9-23-19(21-3)24-10-5-15(6-11-24)13-16(25)20-2/h7,12,15H,4-6,8-11,13H2,1-3H3,(H,20,25)(H,21,23)(H,22,26). The molecule has 1 aliphatic rings. The number of guanidine groups is 1. The van der Waals surface area contributed by atoms with E-state index in [0.717, 1.165) is 50.4 Å². The smallest absolute Gasteiger partial charge is 0.287 e. The van der Waals surface area contributed by atoms with Gasteiger partial charge in [0.1, 0.15) is 0 Å². The number of rotatable bonds is 7. The highest BCUT2D eigenvalue weighted by atomic mass is 16.3. The lowest BCUT2D eigenvalue weighted by Gasteiger charge is -2.34. The molecule has 2 rings (SSSR count). The van der Waals surface area contributed by atoms with Crippen molar-refractivity contribution in [1.29, 1.82) is 0 Å². The monoisotopic (exact) mass is 377 g/mol. The normalized spacial score (nSPS) is 15.5. The van der Waals surface area contributed by atoms with E-state index in [1.807, 2.05) is 6.92 Å². The molecule has 0 aromatic carbocycles. The quantitative estimate of drug-likeness (QED) is 0.376. The second-order valence-electron chi connectivity index (χ2n) is 6.82. The highest BCUT2D eigenvalue weighted by molar-refractivity contribution is 5.92. The summed E-state index contributed by atoms with van der Waals surface area (Å²) in [6, 6.07) is 1.78. The number of likely N-dealkylation sites (tertiary alicyclic amines) is 1. The number of aliphatic imine (C=N–C) groups is 1. The Morgan fingerprint density at radius 1 is 1.26 bits per heavy atom. The van der Waals surface area contributed by atoms with Gasteiger partial charge in [0, 0.05) is 52.3 Å². The van der Waals surface area contributed by atoms with E-state index in [0.29, 0.717) is 24.6 Å². The Balaban J connectivity index is 1.64. The average Bonchev–Trinajstić information content (AvgIpc) is 3.11. The van der Waals surface area contributed by atoms with Gasteiger partial charge in [0.15, 0.2) is 11.7 Å². The molecular weight excluding hydrogens is 346 g/mol. The molecule has 8 nitrogen and oxygen atoms in total. The summed E-state index contributed by atoms with van der Waals surface area (Å²) >= 11 is 0. The number of hydrogen-bond donors (Lipinski definition) is 3. The maximum Gasteiger partial charge on any atom is 0.287 e. The van der Waals surface area contributed by atoms with E-state index < -0.39 is 0 Å². The largest absolute Gasteiger partial charge is 0.459 e. The summed E-state index contributed by atoms with van der Waals surface area (Å²) in [4.78, 5) is 30.0. The van der Waals surface area contributed by atoms with Crippen LogP contribution in [0.4, 0.5) is 0 Å². The van der Waals surface area contributed by atoms with Gasteiger partial charge in [-0.3, -0.25) is 14.6 Å². The fraction of sp³-hybridized carbons (Fsp3) is 0.632. The molecule has 0 atom stereocenters. The third-order valence-electron chi connectivity index (χ3n) is 4.87. The molecule has 2 heterocycles. The summed E-state index contributed by atoms with van der Waals surface area (Å²) in [6.45, 7) is 4.94. The first-order chi connectivity index (χ1) is 13.0. The number of carbonyl (C=O) groups excluding carboxylic acids is 2. The predicted octanol–water partition coefficient (Wildman–Crippen LogP) is 1.13. The van der Waals surface area contributed by atoms with Gasteiger partial charge in [0.05, 0.1) is 6.26 Å². The Hall–Kier alpha value is -2.51. The third-order valence-corrected chi connectivity index (χ3v) is 4.87. The van der Waals surface area contributed by atoms with Crippen molar-refractivity contribution in [3.8, 4) is 0 Å². The fourth-order valence-electron chi connectivity index (χ4n) is 3.22.